The number of ether oxygens (including phenoxy) is 2. The van der Waals surface area contributed by atoms with E-state index >= 15 is 0 Å². The number of hydrogen-bond donors (Lipinski definition) is 0. The summed E-state index contributed by atoms with van der Waals surface area (Å²) in [6.07, 6.45) is 7.01. The molecular formula is C13H18N2O3. The molecular weight excluding hydrogens is 232 g/mol. The van der Waals surface area contributed by atoms with Gasteiger partial charge in [0.15, 0.2) is 0 Å². The molecule has 2 rings (SSSR count). The molecule has 0 fully saturated rings. The van der Waals surface area contributed by atoms with E-state index in [0.29, 0.717) is 13.0 Å². The van der Waals surface area contributed by atoms with Crippen molar-refractivity contribution in [2.45, 2.75) is 32.2 Å². The van der Waals surface area contributed by atoms with Gasteiger partial charge >= 0.3 is 5.97 Å². The Hall–Kier alpha value is -1.78. The maximum atomic E-state index is 11.1. The number of aryl methyl sites for hydroxylation is 2. The van der Waals surface area contributed by atoms with Gasteiger partial charge in [0.25, 0.3) is 0 Å². The van der Waals surface area contributed by atoms with E-state index in [2.05, 4.69) is 9.84 Å². The van der Waals surface area contributed by atoms with Gasteiger partial charge in [-0.15, -0.1) is 0 Å². The smallest absolute Gasteiger partial charge is 0.307 e. The molecule has 0 aliphatic heterocycles. The molecule has 0 aromatic carbocycles. The summed E-state index contributed by atoms with van der Waals surface area (Å²) >= 11 is 0. The quantitative estimate of drug-likeness (QED) is 0.599. The number of carbonyl (C=O) groups is 1. The van der Waals surface area contributed by atoms with Crippen molar-refractivity contribution >= 4 is 5.97 Å². The molecule has 0 spiro atoms. The van der Waals surface area contributed by atoms with Gasteiger partial charge in [-0.3, -0.25) is 9.48 Å². The second-order valence-electron chi connectivity index (χ2n) is 4.38. The zero-order valence-corrected chi connectivity index (χ0v) is 10.8. The van der Waals surface area contributed by atoms with Gasteiger partial charge in [-0.05, 0) is 24.0 Å². The summed E-state index contributed by atoms with van der Waals surface area (Å²) in [4.78, 5) is 11.1. The Labute approximate surface area is 106 Å². The van der Waals surface area contributed by atoms with Crippen LogP contribution in [0, 0.1) is 0 Å². The lowest BCUT2D eigenvalue weighted by Gasteiger charge is -2.12. The van der Waals surface area contributed by atoms with Crippen LogP contribution in [-0.2, 0) is 33.7 Å². The number of aromatic nitrogens is 2. The number of rotatable bonds is 4. The van der Waals surface area contributed by atoms with E-state index in [-0.39, 0.29) is 5.97 Å². The second-order valence-corrected chi connectivity index (χ2v) is 4.38. The lowest BCUT2D eigenvalue weighted by molar-refractivity contribution is -0.140. The summed E-state index contributed by atoms with van der Waals surface area (Å²) in [5.74, 6) is -0.205. The number of esters is 1. The number of allylic oxidation sites excluding steroid dienone is 1. The van der Waals surface area contributed by atoms with E-state index in [1.807, 2.05) is 17.1 Å². The summed E-state index contributed by atoms with van der Waals surface area (Å²) in [6.45, 7) is 0.572. The maximum absolute atomic E-state index is 11.1. The Bertz CT molecular complexity index is 463. The molecule has 1 aromatic heterocycles. The Morgan fingerprint density at radius 3 is 3.06 bits per heavy atom. The fourth-order valence-corrected chi connectivity index (χ4v) is 2.16. The molecule has 0 radical (unpaired) electrons. The number of fused-ring (bicyclic) bond motifs is 1. The van der Waals surface area contributed by atoms with Gasteiger partial charge in [0.05, 0.1) is 39.1 Å². The molecule has 1 aliphatic rings. The van der Waals surface area contributed by atoms with E-state index in [4.69, 9.17) is 4.74 Å². The molecule has 98 valence electrons. The second kappa shape index (κ2) is 5.71. The molecule has 0 unspecified atom stereocenters. The van der Waals surface area contributed by atoms with Crippen LogP contribution >= 0.6 is 0 Å². The number of carbonyl (C=O) groups excluding carboxylic acids is 1. The fraction of sp³-hybridized carbons (Fsp3) is 0.538. The van der Waals surface area contributed by atoms with Gasteiger partial charge in [0, 0.05) is 12.6 Å². The van der Waals surface area contributed by atoms with E-state index in [0.717, 1.165) is 25.0 Å². The van der Waals surface area contributed by atoms with Crippen molar-refractivity contribution in [3.8, 4) is 0 Å². The van der Waals surface area contributed by atoms with Crippen molar-refractivity contribution in [1.29, 1.82) is 0 Å². The molecule has 0 bridgehead atoms. The summed E-state index contributed by atoms with van der Waals surface area (Å²) in [5, 5.41) is 4.49. The van der Waals surface area contributed by atoms with E-state index in [9.17, 15) is 4.79 Å². The summed E-state index contributed by atoms with van der Waals surface area (Å²) in [6, 6.07) is 0. The molecule has 0 saturated heterocycles. The maximum Gasteiger partial charge on any atom is 0.307 e. The minimum atomic E-state index is -0.205. The number of nitrogens with zero attached hydrogens (tertiary/aromatic N) is 2. The Kier molecular flexibility index (Phi) is 4.02. The fourth-order valence-electron chi connectivity index (χ4n) is 2.16. The molecule has 1 heterocycles. The molecule has 5 nitrogen and oxygen atoms in total. The van der Waals surface area contributed by atoms with Gasteiger partial charge in [0.2, 0.25) is 0 Å². The predicted molar refractivity (Wildman–Crippen MR) is 66.0 cm³/mol. The van der Waals surface area contributed by atoms with Crippen LogP contribution in [0.3, 0.4) is 0 Å². The summed E-state index contributed by atoms with van der Waals surface area (Å²) in [5.41, 5.74) is 3.65. The highest BCUT2D eigenvalue weighted by atomic mass is 16.5. The average molecular weight is 250 g/mol. The van der Waals surface area contributed by atoms with Crippen LogP contribution in [0.2, 0.25) is 0 Å². The Morgan fingerprint density at radius 2 is 2.33 bits per heavy atom. The summed E-state index contributed by atoms with van der Waals surface area (Å²) < 4.78 is 11.5. The largest absolute Gasteiger partial charge is 0.504 e. The zero-order chi connectivity index (χ0) is 13.0. The first-order valence-electron chi connectivity index (χ1n) is 6.05. The van der Waals surface area contributed by atoms with Crippen molar-refractivity contribution in [2.75, 3.05) is 14.2 Å². The monoisotopic (exact) mass is 250 g/mol. The van der Waals surface area contributed by atoms with Crippen molar-refractivity contribution in [1.82, 2.24) is 9.78 Å². The summed E-state index contributed by atoms with van der Waals surface area (Å²) in [7, 11) is 3.07. The van der Waals surface area contributed by atoms with Crippen LogP contribution in [0.1, 0.15) is 24.1 Å². The lowest BCUT2D eigenvalue weighted by Crippen LogP contribution is -2.07. The number of methoxy groups -OCH3 is 2. The highest BCUT2D eigenvalue weighted by Crippen LogP contribution is 2.23. The van der Waals surface area contributed by atoms with E-state index < -0.39 is 0 Å². The molecule has 0 atom stereocenters. The van der Waals surface area contributed by atoms with Crippen LogP contribution < -0.4 is 0 Å². The van der Waals surface area contributed by atoms with Crippen molar-refractivity contribution in [2.24, 2.45) is 0 Å². The standard InChI is InChI=1S/C13H18N2O3/c1-17-9-10-3-4-12-11(7-10)8-15(14-12)6-5-13(16)18-2/h8-9H,3-7H2,1-2H3. The minimum absolute atomic E-state index is 0.205. The van der Waals surface area contributed by atoms with Crippen LogP contribution in [0.25, 0.3) is 0 Å². The topological polar surface area (TPSA) is 53.4 Å². The molecule has 1 aliphatic carbocycles. The number of hydrogen-bond acceptors (Lipinski definition) is 4. The van der Waals surface area contributed by atoms with Crippen LogP contribution in [0.4, 0.5) is 0 Å². The minimum Gasteiger partial charge on any atom is -0.504 e. The van der Waals surface area contributed by atoms with Gasteiger partial charge in [-0.1, -0.05) is 0 Å². The Morgan fingerprint density at radius 1 is 1.50 bits per heavy atom. The van der Waals surface area contributed by atoms with Crippen molar-refractivity contribution in [3.05, 3.63) is 29.3 Å². The lowest BCUT2D eigenvalue weighted by atomic mass is 9.94. The Balaban J connectivity index is 2.01. The van der Waals surface area contributed by atoms with Gasteiger partial charge < -0.3 is 9.47 Å². The van der Waals surface area contributed by atoms with Gasteiger partial charge in [-0.25, -0.2) is 0 Å². The highest BCUT2D eigenvalue weighted by Gasteiger charge is 2.17. The third-order valence-electron chi connectivity index (χ3n) is 3.08. The van der Waals surface area contributed by atoms with E-state index in [1.165, 1.54) is 18.2 Å². The zero-order valence-electron chi connectivity index (χ0n) is 10.8. The van der Waals surface area contributed by atoms with Crippen LogP contribution in [0.15, 0.2) is 18.0 Å². The predicted octanol–water partition coefficient (Wildman–Crippen LogP) is 1.47. The molecule has 5 heteroatoms. The molecule has 0 amide bonds. The van der Waals surface area contributed by atoms with Crippen molar-refractivity contribution < 1.29 is 14.3 Å². The highest BCUT2D eigenvalue weighted by molar-refractivity contribution is 5.68. The first-order chi connectivity index (χ1) is 8.72. The van der Waals surface area contributed by atoms with E-state index in [1.54, 1.807) is 7.11 Å². The van der Waals surface area contributed by atoms with Crippen LogP contribution in [0.5, 0.6) is 0 Å². The first-order valence-corrected chi connectivity index (χ1v) is 6.05. The third kappa shape index (κ3) is 2.91. The van der Waals surface area contributed by atoms with Crippen LogP contribution in [-0.4, -0.2) is 30.0 Å². The normalized spacial score (nSPS) is 16.4. The molecule has 18 heavy (non-hydrogen) atoms. The van der Waals surface area contributed by atoms with Crippen molar-refractivity contribution in [3.63, 3.8) is 0 Å². The SMILES string of the molecule is COC=C1CCc2nn(CCC(=O)OC)cc2C1. The average Bonchev–Trinajstić information content (AvgIpc) is 2.78. The molecule has 1 aromatic rings. The molecule has 0 N–H and O–H groups in total. The third-order valence-corrected chi connectivity index (χ3v) is 3.08. The van der Waals surface area contributed by atoms with Gasteiger partial charge in [0.1, 0.15) is 0 Å². The molecule has 0 saturated carbocycles. The first kappa shape index (κ1) is 12.7. The van der Waals surface area contributed by atoms with Gasteiger partial charge in [-0.2, -0.15) is 5.10 Å².